The minimum absolute atomic E-state index is 0.190. The molecule has 1 aliphatic rings. The summed E-state index contributed by atoms with van der Waals surface area (Å²) in [7, 11) is 0. The van der Waals surface area contributed by atoms with Crippen LogP contribution < -0.4 is 0 Å². The van der Waals surface area contributed by atoms with Crippen LogP contribution in [-0.4, -0.2) is 4.98 Å². The quantitative estimate of drug-likeness (QED) is 0.298. The zero-order chi connectivity index (χ0) is 21.5. The SMILES string of the molecule is Cc1ccc2c3c1oc1c(CC(C)C)ccc(c13)C(C)(C)c1cc3ccccc3nc1-2. The van der Waals surface area contributed by atoms with E-state index in [-0.39, 0.29) is 5.41 Å². The molecule has 2 nitrogen and oxygen atoms in total. The number of hydrogen-bond donors (Lipinski definition) is 0. The highest BCUT2D eigenvalue weighted by Crippen LogP contribution is 2.51. The summed E-state index contributed by atoms with van der Waals surface area (Å²) >= 11 is 0. The Labute approximate surface area is 182 Å². The third-order valence-corrected chi connectivity index (χ3v) is 7.00. The van der Waals surface area contributed by atoms with Gasteiger partial charge in [0.05, 0.1) is 11.2 Å². The van der Waals surface area contributed by atoms with Crippen molar-refractivity contribution >= 4 is 32.8 Å². The topological polar surface area (TPSA) is 26.0 Å². The van der Waals surface area contributed by atoms with E-state index in [0.717, 1.165) is 28.8 Å². The summed E-state index contributed by atoms with van der Waals surface area (Å²) in [6, 6.07) is 19.8. The Hall–Kier alpha value is -3.13. The van der Waals surface area contributed by atoms with E-state index in [2.05, 4.69) is 89.2 Å². The van der Waals surface area contributed by atoms with Crippen molar-refractivity contribution in [1.82, 2.24) is 4.98 Å². The van der Waals surface area contributed by atoms with Crippen LogP contribution in [0.25, 0.3) is 44.1 Å². The van der Waals surface area contributed by atoms with Crippen molar-refractivity contribution in [1.29, 1.82) is 0 Å². The van der Waals surface area contributed by atoms with Crippen LogP contribution in [-0.2, 0) is 11.8 Å². The second-order valence-electron chi connectivity index (χ2n) is 10.0. The van der Waals surface area contributed by atoms with Crippen molar-refractivity contribution in [2.24, 2.45) is 5.92 Å². The fourth-order valence-electron chi connectivity index (χ4n) is 5.42. The molecular weight excluding hydrogens is 378 g/mol. The molecule has 2 aromatic heterocycles. The van der Waals surface area contributed by atoms with Gasteiger partial charge in [-0.05, 0) is 53.6 Å². The highest BCUT2D eigenvalue weighted by atomic mass is 16.3. The molecule has 154 valence electrons. The summed E-state index contributed by atoms with van der Waals surface area (Å²) in [6.45, 7) is 11.3. The molecule has 5 aromatic rings. The van der Waals surface area contributed by atoms with Crippen molar-refractivity contribution in [2.75, 3.05) is 0 Å². The molecule has 1 aliphatic carbocycles. The van der Waals surface area contributed by atoms with Gasteiger partial charge in [0.25, 0.3) is 0 Å². The average molecular weight is 406 g/mol. The molecule has 2 heterocycles. The molecule has 0 aliphatic heterocycles. The number of hydrogen-bond acceptors (Lipinski definition) is 2. The monoisotopic (exact) mass is 405 g/mol. The molecule has 31 heavy (non-hydrogen) atoms. The van der Waals surface area contributed by atoms with Gasteiger partial charge in [-0.3, -0.25) is 0 Å². The molecule has 0 spiro atoms. The highest BCUT2D eigenvalue weighted by molar-refractivity contribution is 6.17. The predicted octanol–water partition coefficient (Wildman–Crippen LogP) is 7.95. The van der Waals surface area contributed by atoms with Gasteiger partial charge in [-0.25, -0.2) is 4.98 Å². The minimum Gasteiger partial charge on any atom is -0.455 e. The van der Waals surface area contributed by atoms with Crippen molar-refractivity contribution < 1.29 is 4.42 Å². The van der Waals surface area contributed by atoms with Crippen LogP contribution in [0.3, 0.4) is 0 Å². The minimum atomic E-state index is -0.190. The molecule has 0 bridgehead atoms. The first-order chi connectivity index (χ1) is 14.9. The fourth-order valence-corrected chi connectivity index (χ4v) is 5.42. The Morgan fingerprint density at radius 1 is 0.903 bits per heavy atom. The Balaban J connectivity index is 1.84. The number of rotatable bonds is 2. The van der Waals surface area contributed by atoms with Crippen LogP contribution in [0.5, 0.6) is 0 Å². The van der Waals surface area contributed by atoms with E-state index in [1.54, 1.807) is 0 Å². The summed E-state index contributed by atoms with van der Waals surface area (Å²) in [4.78, 5) is 5.20. The van der Waals surface area contributed by atoms with Gasteiger partial charge in [-0.15, -0.1) is 0 Å². The van der Waals surface area contributed by atoms with E-state index >= 15 is 0 Å². The Morgan fingerprint density at radius 2 is 1.71 bits per heavy atom. The van der Waals surface area contributed by atoms with Gasteiger partial charge in [0.15, 0.2) is 0 Å². The summed E-state index contributed by atoms with van der Waals surface area (Å²) in [6.07, 6.45) is 1.01. The van der Waals surface area contributed by atoms with Gasteiger partial charge >= 0.3 is 0 Å². The van der Waals surface area contributed by atoms with Crippen LogP contribution in [0, 0.1) is 12.8 Å². The van der Waals surface area contributed by atoms with E-state index in [1.807, 2.05) is 0 Å². The lowest BCUT2D eigenvalue weighted by molar-refractivity contribution is 0.617. The molecule has 0 saturated heterocycles. The van der Waals surface area contributed by atoms with E-state index < -0.39 is 0 Å². The van der Waals surface area contributed by atoms with Crippen molar-refractivity contribution in [3.8, 4) is 11.3 Å². The average Bonchev–Trinajstić information content (AvgIpc) is 3.12. The number of furan rings is 1. The van der Waals surface area contributed by atoms with Gasteiger partial charge in [0.1, 0.15) is 11.2 Å². The van der Waals surface area contributed by atoms with Crippen molar-refractivity contribution in [3.63, 3.8) is 0 Å². The maximum Gasteiger partial charge on any atom is 0.139 e. The Morgan fingerprint density at radius 3 is 2.52 bits per heavy atom. The second kappa shape index (κ2) is 6.20. The number of fused-ring (bicyclic) bond motifs is 3. The van der Waals surface area contributed by atoms with Gasteiger partial charge in [0.2, 0.25) is 0 Å². The number of benzene rings is 3. The molecule has 0 saturated carbocycles. The fraction of sp³-hybridized carbons (Fsp3) is 0.276. The van der Waals surface area contributed by atoms with Crippen LogP contribution in [0.15, 0.2) is 59.0 Å². The number of nitrogens with zero attached hydrogens (tertiary/aromatic N) is 1. The lowest BCUT2D eigenvalue weighted by Crippen LogP contribution is -2.20. The molecule has 0 atom stereocenters. The van der Waals surface area contributed by atoms with Gasteiger partial charge in [0, 0.05) is 27.1 Å². The summed E-state index contributed by atoms with van der Waals surface area (Å²) < 4.78 is 6.64. The van der Waals surface area contributed by atoms with Gasteiger partial charge < -0.3 is 4.42 Å². The summed E-state index contributed by atoms with van der Waals surface area (Å²) in [5, 5.41) is 3.70. The van der Waals surface area contributed by atoms with Crippen LogP contribution in [0.1, 0.15) is 49.9 Å². The van der Waals surface area contributed by atoms with E-state index in [0.29, 0.717) is 5.92 Å². The Kier molecular flexibility index (Phi) is 3.72. The third kappa shape index (κ3) is 2.48. The van der Waals surface area contributed by atoms with Crippen LogP contribution in [0.2, 0.25) is 0 Å². The predicted molar refractivity (Wildman–Crippen MR) is 130 cm³/mol. The summed E-state index contributed by atoms with van der Waals surface area (Å²) in [5.41, 5.74) is 10.3. The lowest BCUT2D eigenvalue weighted by Gasteiger charge is -2.28. The van der Waals surface area contributed by atoms with Crippen LogP contribution >= 0.6 is 0 Å². The van der Waals surface area contributed by atoms with Gasteiger partial charge in [-0.2, -0.15) is 0 Å². The van der Waals surface area contributed by atoms with E-state index in [4.69, 9.17) is 9.40 Å². The molecule has 0 unspecified atom stereocenters. The molecule has 0 amide bonds. The number of pyridine rings is 1. The first kappa shape index (κ1) is 18.6. The summed E-state index contributed by atoms with van der Waals surface area (Å²) in [5.74, 6) is 0.574. The smallest absolute Gasteiger partial charge is 0.139 e. The van der Waals surface area contributed by atoms with Gasteiger partial charge in [-0.1, -0.05) is 70.2 Å². The number of aryl methyl sites for hydroxylation is 1. The maximum atomic E-state index is 6.64. The molecule has 0 fully saturated rings. The number of para-hydroxylation sites is 1. The van der Waals surface area contributed by atoms with E-state index in [1.165, 1.54) is 44.0 Å². The Bertz CT molecular complexity index is 1520. The standard InChI is InChI=1S/C29H27NO/c1-16(2)14-19-11-13-21-25-24-20(12-10-17(3)27(24)31-28(19)25)26-22(29(21,4)5)15-18-8-6-7-9-23(18)30-26/h6-13,15-16H,14H2,1-5H3. The maximum absolute atomic E-state index is 6.64. The zero-order valence-corrected chi connectivity index (χ0v) is 18.8. The lowest BCUT2D eigenvalue weighted by atomic mass is 9.76. The molecule has 6 rings (SSSR count). The molecular formula is C29H27NO. The molecule has 0 N–H and O–H groups in total. The first-order valence-corrected chi connectivity index (χ1v) is 11.2. The normalized spacial score (nSPS) is 14.6. The largest absolute Gasteiger partial charge is 0.455 e. The van der Waals surface area contributed by atoms with E-state index in [9.17, 15) is 0 Å². The zero-order valence-electron chi connectivity index (χ0n) is 18.8. The second-order valence-corrected chi connectivity index (χ2v) is 10.0. The third-order valence-electron chi connectivity index (χ3n) is 7.00. The molecule has 3 aromatic carbocycles. The van der Waals surface area contributed by atoms with Crippen LogP contribution in [0.4, 0.5) is 0 Å². The number of aromatic nitrogens is 1. The molecule has 2 heteroatoms. The van der Waals surface area contributed by atoms with Crippen molar-refractivity contribution in [3.05, 3.63) is 76.9 Å². The first-order valence-electron chi connectivity index (χ1n) is 11.2. The van der Waals surface area contributed by atoms with Crippen molar-refractivity contribution in [2.45, 2.75) is 46.5 Å². The highest BCUT2D eigenvalue weighted by Gasteiger charge is 2.35. The molecule has 0 radical (unpaired) electrons.